The monoisotopic (exact) mass is 432 g/mol. The Morgan fingerprint density at radius 1 is 1.00 bits per heavy atom. The minimum Gasteiger partial charge on any atom is -0.342 e. The van der Waals surface area contributed by atoms with E-state index >= 15 is 0 Å². The number of carbonyl (C=O) groups is 2. The second-order valence-corrected chi connectivity index (χ2v) is 9.48. The van der Waals surface area contributed by atoms with E-state index in [1.54, 1.807) is 0 Å². The third kappa shape index (κ3) is 5.19. The normalized spacial score (nSPS) is 18.4. The second kappa shape index (κ2) is 10.7. The van der Waals surface area contributed by atoms with Crippen molar-refractivity contribution in [3.05, 3.63) is 34.3 Å². The molecule has 30 heavy (non-hydrogen) atoms. The van der Waals surface area contributed by atoms with E-state index in [1.807, 2.05) is 24.0 Å². The van der Waals surface area contributed by atoms with Crippen molar-refractivity contribution in [2.75, 3.05) is 26.2 Å². The molecule has 2 saturated heterocycles. The summed E-state index contributed by atoms with van der Waals surface area (Å²) in [6.45, 7) is 9.69. The van der Waals surface area contributed by atoms with Gasteiger partial charge in [0.25, 0.3) is 0 Å². The van der Waals surface area contributed by atoms with Gasteiger partial charge in [0, 0.05) is 37.1 Å². The first kappa shape index (κ1) is 23.1. The van der Waals surface area contributed by atoms with E-state index in [2.05, 4.69) is 24.8 Å². The van der Waals surface area contributed by atoms with Gasteiger partial charge in [0.2, 0.25) is 11.8 Å². The van der Waals surface area contributed by atoms with E-state index in [0.717, 1.165) is 76.7 Å². The van der Waals surface area contributed by atoms with Gasteiger partial charge in [0.05, 0.1) is 5.92 Å². The molecule has 5 heteroatoms. The Bertz CT molecular complexity index is 733. The van der Waals surface area contributed by atoms with Gasteiger partial charge in [-0.05, 0) is 68.2 Å². The van der Waals surface area contributed by atoms with Gasteiger partial charge in [-0.3, -0.25) is 9.59 Å². The first-order chi connectivity index (χ1) is 14.5. The Kier molecular flexibility index (Phi) is 8.21. The highest BCUT2D eigenvalue weighted by Gasteiger charge is 2.32. The molecular weight excluding hydrogens is 396 g/mol. The van der Waals surface area contributed by atoms with Crippen LogP contribution in [0.25, 0.3) is 0 Å². The van der Waals surface area contributed by atoms with E-state index in [-0.39, 0.29) is 17.7 Å². The Balaban J connectivity index is 1.69. The molecule has 1 atom stereocenters. The van der Waals surface area contributed by atoms with Crippen molar-refractivity contribution in [2.24, 2.45) is 5.92 Å². The van der Waals surface area contributed by atoms with Gasteiger partial charge in [-0.2, -0.15) is 0 Å². The van der Waals surface area contributed by atoms with Crippen LogP contribution in [-0.4, -0.2) is 47.8 Å². The molecule has 0 N–H and O–H groups in total. The fourth-order valence-corrected chi connectivity index (χ4v) is 5.17. The van der Waals surface area contributed by atoms with Crippen LogP contribution in [0, 0.1) is 5.92 Å². The van der Waals surface area contributed by atoms with Crippen molar-refractivity contribution < 1.29 is 9.59 Å². The molecule has 0 spiro atoms. The Morgan fingerprint density at radius 3 is 2.13 bits per heavy atom. The lowest BCUT2D eigenvalue weighted by atomic mass is 9.82. The first-order valence-corrected chi connectivity index (χ1v) is 12.2. The maximum absolute atomic E-state index is 13.0. The zero-order valence-electron chi connectivity index (χ0n) is 18.8. The molecule has 0 radical (unpaired) electrons. The summed E-state index contributed by atoms with van der Waals surface area (Å²) in [6.07, 6.45) is 7.11. The van der Waals surface area contributed by atoms with Crippen molar-refractivity contribution >= 4 is 23.4 Å². The molecule has 3 rings (SSSR count). The number of hydrogen-bond donors (Lipinski definition) is 0. The molecule has 2 aliphatic heterocycles. The second-order valence-electron chi connectivity index (χ2n) is 9.05. The van der Waals surface area contributed by atoms with Gasteiger partial charge < -0.3 is 9.80 Å². The number of benzene rings is 1. The summed E-state index contributed by atoms with van der Waals surface area (Å²) in [5.74, 6) is 0.937. The number of rotatable bonds is 8. The van der Waals surface area contributed by atoms with E-state index < -0.39 is 0 Å². The highest BCUT2D eigenvalue weighted by Crippen LogP contribution is 2.36. The molecule has 2 aliphatic rings. The van der Waals surface area contributed by atoms with Crippen molar-refractivity contribution in [3.63, 3.8) is 0 Å². The maximum atomic E-state index is 13.0. The average Bonchev–Trinajstić information content (AvgIpc) is 2.71. The molecule has 1 aromatic carbocycles. The lowest BCUT2D eigenvalue weighted by Crippen LogP contribution is -2.44. The molecule has 4 nitrogen and oxygen atoms in total. The van der Waals surface area contributed by atoms with Crippen molar-refractivity contribution in [1.29, 1.82) is 0 Å². The predicted octanol–water partition coefficient (Wildman–Crippen LogP) is 5.60. The molecule has 2 heterocycles. The lowest BCUT2D eigenvalue weighted by molar-refractivity contribution is -0.137. The summed E-state index contributed by atoms with van der Waals surface area (Å²) in [7, 11) is 0. The number of hydrogen-bond acceptors (Lipinski definition) is 2. The van der Waals surface area contributed by atoms with E-state index in [9.17, 15) is 9.59 Å². The van der Waals surface area contributed by atoms with Crippen LogP contribution in [0.15, 0.2) is 18.2 Å². The molecule has 166 valence electrons. The van der Waals surface area contributed by atoms with Gasteiger partial charge in [-0.1, -0.05) is 44.4 Å². The molecule has 0 saturated carbocycles. The zero-order valence-corrected chi connectivity index (χ0v) is 19.6. The number of piperidine rings is 1. The summed E-state index contributed by atoms with van der Waals surface area (Å²) in [6, 6.07) is 6.03. The topological polar surface area (TPSA) is 40.6 Å². The van der Waals surface area contributed by atoms with E-state index in [1.165, 1.54) is 5.56 Å². The van der Waals surface area contributed by atoms with E-state index in [4.69, 9.17) is 11.6 Å². The smallest absolute Gasteiger partial charge is 0.229 e. The van der Waals surface area contributed by atoms with Crippen LogP contribution in [-0.2, 0) is 9.59 Å². The minimum absolute atomic E-state index is 0.169. The third-order valence-corrected chi connectivity index (χ3v) is 7.16. The van der Waals surface area contributed by atoms with Gasteiger partial charge in [0.1, 0.15) is 0 Å². The SMILES string of the molecule is CCCC(CCC)C(=O)N1CCC(c2ccc(Cl)cc2C(C)C(=O)N2CCC2)CC1. The third-order valence-electron chi connectivity index (χ3n) is 6.92. The van der Waals surface area contributed by atoms with Crippen LogP contribution in [0.4, 0.5) is 0 Å². The first-order valence-electron chi connectivity index (χ1n) is 11.8. The fraction of sp³-hybridized carbons (Fsp3) is 0.680. The van der Waals surface area contributed by atoms with Gasteiger partial charge in [0.15, 0.2) is 0 Å². The largest absolute Gasteiger partial charge is 0.342 e. The van der Waals surface area contributed by atoms with Gasteiger partial charge in [-0.15, -0.1) is 0 Å². The summed E-state index contributed by atoms with van der Waals surface area (Å²) < 4.78 is 0. The van der Waals surface area contributed by atoms with Crippen LogP contribution in [0.1, 0.15) is 88.7 Å². The molecule has 0 bridgehead atoms. The Hall–Kier alpha value is -1.55. The molecule has 1 aromatic rings. The highest BCUT2D eigenvalue weighted by atomic mass is 35.5. The van der Waals surface area contributed by atoms with Crippen molar-refractivity contribution in [2.45, 2.75) is 77.6 Å². The molecule has 2 fully saturated rings. The molecule has 0 aliphatic carbocycles. The minimum atomic E-state index is -0.169. The molecule has 1 unspecified atom stereocenters. The van der Waals surface area contributed by atoms with E-state index in [0.29, 0.717) is 16.8 Å². The predicted molar refractivity (Wildman–Crippen MR) is 123 cm³/mol. The van der Waals surface area contributed by atoms with Crippen LogP contribution < -0.4 is 0 Å². The quantitative estimate of drug-likeness (QED) is 0.536. The maximum Gasteiger partial charge on any atom is 0.229 e. The van der Waals surface area contributed by atoms with Crippen molar-refractivity contribution in [3.8, 4) is 0 Å². The average molecular weight is 433 g/mol. The summed E-state index contributed by atoms with van der Waals surface area (Å²) in [4.78, 5) is 29.9. The van der Waals surface area contributed by atoms with Gasteiger partial charge >= 0.3 is 0 Å². The summed E-state index contributed by atoms with van der Waals surface area (Å²) >= 11 is 6.31. The number of amides is 2. The molecule has 2 amide bonds. The molecule has 0 aromatic heterocycles. The van der Waals surface area contributed by atoms with Crippen LogP contribution in [0.3, 0.4) is 0 Å². The van der Waals surface area contributed by atoms with Crippen molar-refractivity contribution in [1.82, 2.24) is 9.80 Å². The van der Waals surface area contributed by atoms with Gasteiger partial charge in [-0.25, -0.2) is 0 Å². The number of likely N-dealkylation sites (tertiary alicyclic amines) is 2. The lowest BCUT2D eigenvalue weighted by Gasteiger charge is -2.37. The van der Waals surface area contributed by atoms with Crippen LogP contribution in [0.5, 0.6) is 0 Å². The molecular formula is C25H37ClN2O2. The Labute approximate surface area is 186 Å². The number of carbonyl (C=O) groups excluding carboxylic acids is 2. The Morgan fingerprint density at radius 2 is 1.60 bits per heavy atom. The summed E-state index contributed by atoms with van der Waals surface area (Å²) in [5, 5.41) is 0.687. The number of nitrogens with zero attached hydrogens (tertiary/aromatic N) is 2. The highest BCUT2D eigenvalue weighted by molar-refractivity contribution is 6.30. The fourth-order valence-electron chi connectivity index (χ4n) is 4.99. The zero-order chi connectivity index (χ0) is 21.7. The van der Waals surface area contributed by atoms with Crippen LogP contribution in [0.2, 0.25) is 5.02 Å². The van der Waals surface area contributed by atoms with Crippen LogP contribution >= 0.6 is 11.6 Å². The number of halogens is 1. The summed E-state index contributed by atoms with van der Waals surface area (Å²) in [5.41, 5.74) is 2.31. The standard InChI is InChI=1S/C25H37ClN2O2/c1-4-7-20(8-5-2)25(30)28-15-11-19(12-16-28)22-10-9-21(26)17-23(22)18(3)24(29)27-13-6-14-27/h9-10,17-20H,4-8,11-16H2,1-3H3.